The Balaban J connectivity index is 1.80. The van der Waals surface area contributed by atoms with Crippen molar-refractivity contribution >= 4 is 21.4 Å². The lowest BCUT2D eigenvalue weighted by Crippen LogP contribution is -2.34. The van der Waals surface area contributed by atoms with Crippen LogP contribution in [0.15, 0.2) is 12.1 Å². The fourth-order valence-electron chi connectivity index (χ4n) is 2.19. The minimum atomic E-state index is -3.01. The van der Waals surface area contributed by atoms with Gasteiger partial charge in [-0.25, -0.2) is 21.6 Å². The van der Waals surface area contributed by atoms with Crippen molar-refractivity contribution in [2.75, 3.05) is 29.9 Å². The SMILES string of the molecule is O=C(CNc1cc(F)c(F)cc1F)NCC1CCS(=O)(=O)C1. The molecule has 9 heteroatoms. The number of rotatable bonds is 5. The first-order valence-electron chi connectivity index (χ1n) is 6.62. The van der Waals surface area contributed by atoms with E-state index in [1.807, 2.05) is 0 Å². The molecular weight excluding hydrogens is 321 g/mol. The van der Waals surface area contributed by atoms with Crippen LogP contribution in [0.4, 0.5) is 18.9 Å². The Hall–Kier alpha value is -1.77. The molecule has 2 rings (SSSR count). The molecule has 0 radical (unpaired) electrons. The molecule has 5 nitrogen and oxygen atoms in total. The van der Waals surface area contributed by atoms with Gasteiger partial charge in [-0.1, -0.05) is 0 Å². The van der Waals surface area contributed by atoms with Crippen LogP contribution in [0, 0.1) is 23.4 Å². The molecule has 1 aliphatic rings. The molecule has 1 heterocycles. The third-order valence-corrected chi connectivity index (χ3v) is 5.20. The molecule has 122 valence electrons. The van der Waals surface area contributed by atoms with Crippen molar-refractivity contribution in [1.29, 1.82) is 0 Å². The van der Waals surface area contributed by atoms with Gasteiger partial charge in [0.05, 0.1) is 23.7 Å². The highest BCUT2D eigenvalue weighted by Gasteiger charge is 2.27. The van der Waals surface area contributed by atoms with E-state index in [2.05, 4.69) is 10.6 Å². The molecule has 0 aliphatic carbocycles. The van der Waals surface area contributed by atoms with E-state index in [0.29, 0.717) is 18.6 Å². The fraction of sp³-hybridized carbons (Fsp3) is 0.462. The summed E-state index contributed by atoms with van der Waals surface area (Å²) in [6.07, 6.45) is 0.494. The largest absolute Gasteiger partial charge is 0.374 e. The van der Waals surface area contributed by atoms with E-state index in [0.717, 1.165) is 0 Å². The van der Waals surface area contributed by atoms with Gasteiger partial charge in [-0.05, 0) is 12.3 Å². The summed E-state index contributed by atoms with van der Waals surface area (Å²) < 4.78 is 61.6. The van der Waals surface area contributed by atoms with Gasteiger partial charge < -0.3 is 10.6 Å². The van der Waals surface area contributed by atoms with Gasteiger partial charge in [-0.3, -0.25) is 4.79 Å². The average Bonchev–Trinajstić information content (AvgIpc) is 2.78. The van der Waals surface area contributed by atoms with Gasteiger partial charge in [0.1, 0.15) is 5.82 Å². The van der Waals surface area contributed by atoms with Crippen molar-refractivity contribution in [2.24, 2.45) is 5.92 Å². The molecule has 22 heavy (non-hydrogen) atoms. The molecule has 0 spiro atoms. The van der Waals surface area contributed by atoms with Crippen LogP contribution < -0.4 is 10.6 Å². The summed E-state index contributed by atoms with van der Waals surface area (Å²) in [5.74, 6) is -4.00. The highest BCUT2D eigenvalue weighted by molar-refractivity contribution is 7.91. The number of amides is 1. The minimum Gasteiger partial charge on any atom is -0.374 e. The minimum absolute atomic E-state index is 0.0402. The van der Waals surface area contributed by atoms with Gasteiger partial charge in [0, 0.05) is 18.7 Å². The highest BCUT2D eigenvalue weighted by atomic mass is 32.2. The molecule has 0 aromatic heterocycles. The van der Waals surface area contributed by atoms with Gasteiger partial charge in [0.2, 0.25) is 5.91 Å². The third kappa shape index (κ3) is 4.36. The van der Waals surface area contributed by atoms with Crippen LogP contribution in [-0.2, 0) is 14.6 Å². The number of anilines is 1. The Morgan fingerprint density at radius 2 is 1.86 bits per heavy atom. The maximum Gasteiger partial charge on any atom is 0.239 e. The van der Waals surface area contributed by atoms with Crippen LogP contribution in [0.2, 0.25) is 0 Å². The Morgan fingerprint density at radius 1 is 1.18 bits per heavy atom. The van der Waals surface area contributed by atoms with E-state index in [1.54, 1.807) is 0 Å². The second kappa shape index (κ2) is 6.55. The zero-order chi connectivity index (χ0) is 16.3. The van der Waals surface area contributed by atoms with Gasteiger partial charge in [-0.2, -0.15) is 0 Å². The standard InChI is InChI=1S/C13H15F3N2O3S/c14-9-3-11(16)12(4-10(9)15)17-6-13(19)18-5-8-1-2-22(20,21)7-8/h3-4,8,17H,1-2,5-7H2,(H,18,19). The number of nitrogens with one attached hydrogen (secondary N) is 2. The van der Waals surface area contributed by atoms with Crippen molar-refractivity contribution in [3.05, 3.63) is 29.6 Å². The van der Waals surface area contributed by atoms with Gasteiger partial charge in [0.25, 0.3) is 0 Å². The lowest BCUT2D eigenvalue weighted by molar-refractivity contribution is -0.119. The number of hydrogen-bond acceptors (Lipinski definition) is 4. The first-order chi connectivity index (χ1) is 10.3. The maximum absolute atomic E-state index is 13.3. The number of benzene rings is 1. The molecule has 0 saturated carbocycles. The van der Waals surface area contributed by atoms with Crippen LogP contribution in [0.25, 0.3) is 0 Å². The smallest absolute Gasteiger partial charge is 0.239 e. The first-order valence-corrected chi connectivity index (χ1v) is 8.44. The Morgan fingerprint density at radius 3 is 2.50 bits per heavy atom. The predicted molar refractivity (Wildman–Crippen MR) is 74.6 cm³/mol. The van der Waals surface area contributed by atoms with E-state index in [1.165, 1.54) is 0 Å². The second-order valence-electron chi connectivity index (χ2n) is 5.17. The topological polar surface area (TPSA) is 75.3 Å². The van der Waals surface area contributed by atoms with Crippen LogP contribution >= 0.6 is 0 Å². The normalized spacial score (nSPS) is 19.9. The molecule has 1 fully saturated rings. The van der Waals surface area contributed by atoms with Gasteiger partial charge in [-0.15, -0.1) is 0 Å². The van der Waals surface area contributed by atoms with Crippen molar-refractivity contribution in [3.63, 3.8) is 0 Å². The Labute approximate surface area is 125 Å². The second-order valence-corrected chi connectivity index (χ2v) is 7.40. The van der Waals surface area contributed by atoms with E-state index in [-0.39, 0.29) is 36.2 Å². The Kier molecular flexibility index (Phi) is 4.94. The summed E-state index contributed by atoms with van der Waals surface area (Å²) in [5.41, 5.74) is -0.322. The number of carbonyl (C=O) groups excluding carboxylic acids is 1. The van der Waals surface area contributed by atoms with Crippen molar-refractivity contribution in [2.45, 2.75) is 6.42 Å². The molecular formula is C13H15F3N2O3S. The summed E-state index contributed by atoms with van der Waals surface area (Å²) in [7, 11) is -3.01. The zero-order valence-electron chi connectivity index (χ0n) is 11.5. The van der Waals surface area contributed by atoms with Crippen molar-refractivity contribution in [1.82, 2.24) is 5.32 Å². The van der Waals surface area contributed by atoms with Crippen LogP contribution in [-0.4, -0.2) is 38.9 Å². The van der Waals surface area contributed by atoms with E-state index in [4.69, 9.17) is 0 Å². The van der Waals surface area contributed by atoms with Gasteiger partial charge in [0.15, 0.2) is 21.5 Å². The molecule has 1 aromatic rings. The predicted octanol–water partition coefficient (Wildman–Crippen LogP) is 1.07. The Bertz CT molecular complexity index is 679. The lowest BCUT2D eigenvalue weighted by Gasteiger charge is -2.11. The molecule has 1 saturated heterocycles. The number of halogens is 3. The molecule has 1 aliphatic heterocycles. The van der Waals surface area contributed by atoms with Crippen molar-refractivity contribution < 1.29 is 26.4 Å². The highest BCUT2D eigenvalue weighted by Crippen LogP contribution is 2.18. The van der Waals surface area contributed by atoms with E-state index < -0.39 is 33.2 Å². The monoisotopic (exact) mass is 336 g/mol. The van der Waals surface area contributed by atoms with Crippen LogP contribution in [0.3, 0.4) is 0 Å². The summed E-state index contributed by atoms with van der Waals surface area (Å²) in [4.78, 5) is 11.6. The lowest BCUT2D eigenvalue weighted by atomic mass is 10.1. The quantitative estimate of drug-likeness (QED) is 0.789. The third-order valence-electron chi connectivity index (χ3n) is 3.36. The molecule has 1 amide bonds. The summed E-state index contributed by atoms with van der Waals surface area (Å²) >= 11 is 0. The van der Waals surface area contributed by atoms with Crippen LogP contribution in [0.1, 0.15) is 6.42 Å². The summed E-state index contributed by atoms with van der Waals surface area (Å²) in [6.45, 7) is -0.124. The van der Waals surface area contributed by atoms with E-state index in [9.17, 15) is 26.4 Å². The van der Waals surface area contributed by atoms with Gasteiger partial charge >= 0.3 is 0 Å². The molecule has 1 atom stereocenters. The van der Waals surface area contributed by atoms with Crippen LogP contribution in [0.5, 0.6) is 0 Å². The molecule has 2 N–H and O–H groups in total. The molecule has 1 unspecified atom stereocenters. The molecule has 0 bridgehead atoms. The zero-order valence-corrected chi connectivity index (χ0v) is 12.4. The molecule has 1 aromatic carbocycles. The number of carbonyl (C=O) groups is 1. The number of sulfone groups is 1. The van der Waals surface area contributed by atoms with E-state index >= 15 is 0 Å². The first kappa shape index (κ1) is 16.6. The summed E-state index contributed by atoms with van der Waals surface area (Å²) in [5, 5.41) is 4.88. The average molecular weight is 336 g/mol. The number of hydrogen-bond donors (Lipinski definition) is 2. The fourth-order valence-corrected chi connectivity index (χ4v) is 4.05. The van der Waals surface area contributed by atoms with Crippen molar-refractivity contribution in [3.8, 4) is 0 Å². The maximum atomic E-state index is 13.3. The summed E-state index contributed by atoms with van der Waals surface area (Å²) in [6, 6.07) is 1.01.